The molecular formula is C27H42N4O8S. The van der Waals surface area contributed by atoms with Crippen molar-refractivity contribution in [2.45, 2.75) is 45.4 Å². The zero-order chi connectivity index (χ0) is 29.3. The average Bonchev–Trinajstić information content (AvgIpc) is 3.73. The van der Waals surface area contributed by atoms with Crippen molar-refractivity contribution in [3.05, 3.63) is 23.8 Å². The van der Waals surface area contributed by atoms with Crippen LogP contribution in [0.5, 0.6) is 11.5 Å². The molecule has 2 N–H and O–H groups in total. The standard InChI is InChI=1S/C27H42N4O8S/c1-5-38-26(34)27(16-20-8-9-20)17-21-10-11-22(37-4)23(15-21)39-18-25(33)28-12-14-31(40(35,36)30(2)3)13-6-7-24(32)29-19-27/h10-11,15,20H,5-9,12-14,16-19H2,1-4H3,(H,28,33)(H,29,32). The van der Waals surface area contributed by atoms with Gasteiger partial charge in [-0.3, -0.25) is 14.4 Å². The quantitative estimate of drug-likeness (QED) is 0.455. The fraction of sp³-hybridized carbons (Fsp3) is 0.667. The number of rotatable bonds is 7. The molecule has 13 heteroatoms. The predicted octanol–water partition coefficient (Wildman–Crippen LogP) is 1.10. The van der Waals surface area contributed by atoms with Crippen LogP contribution in [-0.4, -0.2) is 95.4 Å². The van der Waals surface area contributed by atoms with E-state index < -0.39 is 21.5 Å². The molecular weight excluding hydrogens is 540 g/mol. The summed E-state index contributed by atoms with van der Waals surface area (Å²) in [5.74, 6) is 0.0384. The van der Waals surface area contributed by atoms with Crippen LogP contribution in [0.1, 0.15) is 44.6 Å². The minimum Gasteiger partial charge on any atom is -0.493 e. The van der Waals surface area contributed by atoms with E-state index in [9.17, 15) is 22.8 Å². The maximum absolute atomic E-state index is 13.4. The number of amides is 2. The molecule has 1 saturated carbocycles. The summed E-state index contributed by atoms with van der Waals surface area (Å²) in [4.78, 5) is 38.9. The Hall–Kier alpha value is -2.90. The minimum absolute atomic E-state index is 0.0278. The summed E-state index contributed by atoms with van der Waals surface area (Å²) in [7, 11) is 0.569. The first kappa shape index (κ1) is 31.6. The molecule has 1 aromatic rings. The molecule has 40 heavy (non-hydrogen) atoms. The summed E-state index contributed by atoms with van der Waals surface area (Å²) in [6.45, 7) is 1.93. The van der Waals surface area contributed by atoms with Gasteiger partial charge in [0.05, 0.1) is 19.1 Å². The van der Waals surface area contributed by atoms with Crippen molar-refractivity contribution in [1.82, 2.24) is 19.2 Å². The number of methoxy groups -OCH3 is 1. The lowest BCUT2D eigenvalue weighted by Crippen LogP contribution is -2.46. The van der Waals surface area contributed by atoms with E-state index in [0.29, 0.717) is 30.3 Å². The highest BCUT2D eigenvalue weighted by Gasteiger charge is 2.45. The van der Waals surface area contributed by atoms with E-state index in [2.05, 4.69) is 10.6 Å². The number of nitrogens with one attached hydrogen (secondary N) is 2. The number of esters is 1. The number of hydrogen-bond donors (Lipinski definition) is 2. The third-order valence-electron chi connectivity index (χ3n) is 7.12. The number of ether oxygens (including phenoxy) is 3. The smallest absolute Gasteiger partial charge is 0.314 e. The molecule has 1 aromatic carbocycles. The van der Waals surface area contributed by atoms with Crippen molar-refractivity contribution in [2.24, 2.45) is 11.3 Å². The van der Waals surface area contributed by atoms with Gasteiger partial charge in [0.15, 0.2) is 18.1 Å². The summed E-state index contributed by atoms with van der Waals surface area (Å²) in [5.41, 5.74) is -0.216. The highest BCUT2D eigenvalue weighted by Crippen LogP contribution is 2.43. The Labute approximate surface area is 236 Å². The Kier molecular flexibility index (Phi) is 11.2. The van der Waals surface area contributed by atoms with Crippen LogP contribution < -0.4 is 20.1 Å². The molecule has 1 heterocycles. The second kappa shape index (κ2) is 14.1. The normalized spacial score (nSPS) is 22.3. The molecule has 3 rings (SSSR count). The van der Waals surface area contributed by atoms with Crippen LogP contribution in [0.2, 0.25) is 0 Å². The van der Waals surface area contributed by atoms with Gasteiger partial charge in [0.2, 0.25) is 5.91 Å². The molecule has 224 valence electrons. The zero-order valence-electron chi connectivity index (χ0n) is 23.9. The van der Waals surface area contributed by atoms with Crippen LogP contribution in [0.25, 0.3) is 0 Å². The lowest BCUT2D eigenvalue weighted by Gasteiger charge is -2.32. The van der Waals surface area contributed by atoms with E-state index in [1.54, 1.807) is 19.1 Å². The molecule has 2 bridgehead atoms. The largest absolute Gasteiger partial charge is 0.493 e. The zero-order valence-corrected chi connectivity index (χ0v) is 24.7. The van der Waals surface area contributed by atoms with E-state index in [0.717, 1.165) is 22.7 Å². The SMILES string of the molecule is CCOC(=O)C1(CC2CC2)CNC(=O)CCCN(S(=O)(=O)N(C)C)CCNC(=O)COc2cc(ccc2OC)C1. The Morgan fingerprint density at radius 2 is 1.93 bits per heavy atom. The topological polar surface area (TPSA) is 144 Å². The van der Waals surface area contributed by atoms with Crippen LogP contribution in [0, 0.1) is 11.3 Å². The fourth-order valence-electron chi connectivity index (χ4n) is 4.79. The number of fused-ring (bicyclic) bond motifs is 2. The summed E-state index contributed by atoms with van der Waals surface area (Å²) >= 11 is 0. The van der Waals surface area contributed by atoms with Gasteiger partial charge in [-0.05, 0) is 49.8 Å². The summed E-state index contributed by atoms with van der Waals surface area (Å²) < 4.78 is 44.7. The van der Waals surface area contributed by atoms with E-state index in [-0.39, 0.29) is 64.1 Å². The first-order valence-corrected chi connectivity index (χ1v) is 15.1. The molecule has 0 saturated heterocycles. The van der Waals surface area contributed by atoms with E-state index >= 15 is 0 Å². The van der Waals surface area contributed by atoms with Crippen molar-refractivity contribution < 1.29 is 37.0 Å². The predicted molar refractivity (Wildman–Crippen MR) is 148 cm³/mol. The lowest BCUT2D eigenvalue weighted by molar-refractivity contribution is -0.156. The Morgan fingerprint density at radius 1 is 1.18 bits per heavy atom. The molecule has 1 atom stereocenters. The van der Waals surface area contributed by atoms with Gasteiger partial charge in [-0.2, -0.15) is 17.0 Å². The molecule has 1 fully saturated rings. The maximum Gasteiger partial charge on any atom is 0.314 e. The summed E-state index contributed by atoms with van der Waals surface area (Å²) in [5, 5.41) is 5.61. The Morgan fingerprint density at radius 3 is 2.58 bits per heavy atom. The molecule has 2 amide bonds. The first-order valence-electron chi connectivity index (χ1n) is 13.7. The van der Waals surface area contributed by atoms with Gasteiger partial charge >= 0.3 is 5.97 Å². The van der Waals surface area contributed by atoms with Crippen LogP contribution >= 0.6 is 0 Å². The van der Waals surface area contributed by atoms with E-state index in [1.165, 1.54) is 25.5 Å². The number of carbonyl (C=O) groups excluding carboxylic acids is 3. The van der Waals surface area contributed by atoms with Crippen molar-refractivity contribution >= 4 is 28.0 Å². The molecule has 12 nitrogen and oxygen atoms in total. The third kappa shape index (κ3) is 8.55. The van der Waals surface area contributed by atoms with Crippen molar-refractivity contribution in [2.75, 3.05) is 60.6 Å². The fourth-order valence-corrected chi connectivity index (χ4v) is 5.93. The minimum atomic E-state index is -3.78. The van der Waals surface area contributed by atoms with Gasteiger partial charge in [0.25, 0.3) is 16.1 Å². The molecule has 1 aliphatic heterocycles. The Bertz CT molecular complexity index is 1160. The second-order valence-electron chi connectivity index (χ2n) is 10.5. The van der Waals surface area contributed by atoms with Crippen molar-refractivity contribution in [1.29, 1.82) is 0 Å². The summed E-state index contributed by atoms with van der Waals surface area (Å²) in [6, 6.07) is 5.30. The van der Waals surface area contributed by atoms with Gasteiger partial charge in [-0.1, -0.05) is 18.9 Å². The number of benzene rings is 1. The van der Waals surface area contributed by atoms with Gasteiger partial charge in [-0.25, -0.2) is 0 Å². The number of hydrogen-bond acceptors (Lipinski definition) is 8. The molecule has 1 aliphatic carbocycles. The Balaban J connectivity index is 1.94. The molecule has 0 aromatic heterocycles. The lowest BCUT2D eigenvalue weighted by atomic mass is 9.76. The van der Waals surface area contributed by atoms with Crippen molar-refractivity contribution in [3.8, 4) is 11.5 Å². The number of carbonyl (C=O) groups is 3. The van der Waals surface area contributed by atoms with Crippen LogP contribution in [0.4, 0.5) is 0 Å². The molecule has 2 aliphatic rings. The molecule has 0 radical (unpaired) electrons. The van der Waals surface area contributed by atoms with Gasteiger partial charge in [-0.15, -0.1) is 0 Å². The van der Waals surface area contributed by atoms with Crippen LogP contribution in [-0.2, 0) is 35.8 Å². The highest BCUT2D eigenvalue weighted by molar-refractivity contribution is 7.86. The molecule has 0 spiro atoms. The van der Waals surface area contributed by atoms with Gasteiger partial charge in [0, 0.05) is 46.7 Å². The third-order valence-corrected chi connectivity index (χ3v) is 9.06. The number of nitrogens with zero attached hydrogens (tertiary/aromatic N) is 2. The van der Waals surface area contributed by atoms with Gasteiger partial charge < -0.3 is 24.8 Å². The van der Waals surface area contributed by atoms with Crippen LogP contribution in [0.3, 0.4) is 0 Å². The van der Waals surface area contributed by atoms with E-state index in [1.807, 2.05) is 6.07 Å². The second-order valence-corrected chi connectivity index (χ2v) is 12.7. The highest BCUT2D eigenvalue weighted by atomic mass is 32.2. The van der Waals surface area contributed by atoms with Crippen molar-refractivity contribution in [3.63, 3.8) is 0 Å². The van der Waals surface area contributed by atoms with E-state index in [4.69, 9.17) is 14.2 Å². The first-order chi connectivity index (χ1) is 19.0. The maximum atomic E-state index is 13.4. The molecule has 1 unspecified atom stereocenters. The van der Waals surface area contributed by atoms with Gasteiger partial charge in [0.1, 0.15) is 0 Å². The summed E-state index contributed by atoms with van der Waals surface area (Å²) in [6.07, 6.45) is 3.23. The monoisotopic (exact) mass is 582 g/mol. The average molecular weight is 583 g/mol. The van der Waals surface area contributed by atoms with Crippen LogP contribution in [0.15, 0.2) is 18.2 Å².